The van der Waals surface area contributed by atoms with Crippen LogP contribution in [0.25, 0.3) is 5.69 Å². The maximum Gasteiger partial charge on any atom is 0.220 e. The van der Waals surface area contributed by atoms with Crippen molar-refractivity contribution in [2.24, 2.45) is 0 Å². The molecule has 1 aromatic carbocycles. The number of aliphatic hydroxyl groups is 1. The molecule has 0 saturated heterocycles. The van der Waals surface area contributed by atoms with E-state index >= 15 is 0 Å². The van der Waals surface area contributed by atoms with Crippen LogP contribution in [0.5, 0.6) is 0 Å². The first-order valence-corrected chi connectivity index (χ1v) is 13.1. The van der Waals surface area contributed by atoms with E-state index in [0.29, 0.717) is 48.2 Å². The van der Waals surface area contributed by atoms with Crippen molar-refractivity contribution in [3.63, 3.8) is 0 Å². The molecule has 0 spiro atoms. The van der Waals surface area contributed by atoms with Gasteiger partial charge in [-0.3, -0.25) is 9.36 Å². The molecule has 1 heterocycles. The fraction of sp³-hybridized carbons (Fsp3) is 0.346. The highest BCUT2D eigenvalue weighted by molar-refractivity contribution is 7.99. The normalized spacial score (nSPS) is 15.7. The molecular weight excluding hydrogens is 487 g/mol. The zero-order valence-corrected chi connectivity index (χ0v) is 20.9. The number of thioether (sulfide) groups is 1. The van der Waals surface area contributed by atoms with Crippen LogP contribution in [0.3, 0.4) is 0 Å². The number of nitrogens with zero attached hydrogens (tertiary/aromatic N) is 3. The number of benzene rings is 1. The number of nitrogens with one attached hydrogen (secondary N) is 1. The summed E-state index contributed by atoms with van der Waals surface area (Å²) in [5.74, 6) is 1.21. The minimum atomic E-state index is -0.170. The van der Waals surface area contributed by atoms with Crippen molar-refractivity contribution in [2.75, 3.05) is 12.3 Å². The van der Waals surface area contributed by atoms with Crippen LogP contribution in [-0.2, 0) is 11.2 Å². The van der Waals surface area contributed by atoms with Gasteiger partial charge in [0.1, 0.15) is 17.4 Å². The highest BCUT2D eigenvalue weighted by Gasteiger charge is 2.17. The Bertz CT molecular complexity index is 1200. The van der Waals surface area contributed by atoms with Crippen LogP contribution >= 0.6 is 23.4 Å². The molecule has 0 aliphatic heterocycles. The molecule has 0 unspecified atom stereocenters. The van der Waals surface area contributed by atoms with E-state index in [-0.39, 0.29) is 17.5 Å². The van der Waals surface area contributed by atoms with Crippen molar-refractivity contribution in [2.45, 2.75) is 50.1 Å². The largest absolute Gasteiger partial charge is 0.508 e. The van der Waals surface area contributed by atoms with Crippen molar-refractivity contribution in [3.8, 4) is 5.69 Å². The van der Waals surface area contributed by atoms with Gasteiger partial charge in [-0.05, 0) is 68.0 Å². The van der Waals surface area contributed by atoms with Crippen molar-refractivity contribution >= 4 is 29.3 Å². The van der Waals surface area contributed by atoms with E-state index in [1.165, 1.54) is 17.8 Å². The Hall–Kier alpha value is -2.84. The molecule has 0 atom stereocenters. The molecular formula is C26H28ClFN4O2S. The SMILES string of the molecule is O=C(CCCc1nnc(SCC2=C(F)C=CCC2)n1-c1cccc(Cl)c1)NCC1=CCCC=C1O. The third-order valence-corrected chi connectivity index (χ3v) is 7.11. The Morgan fingerprint density at radius 2 is 2.09 bits per heavy atom. The van der Waals surface area contributed by atoms with Gasteiger partial charge in [0.25, 0.3) is 0 Å². The Morgan fingerprint density at radius 1 is 1.23 bits per heavy atom. The second-order valence-electron chi connectivity index (χ2n) is 8.42. The summed E-state index contributed by atoms with van der Waals surface area (Å²) in [5.41, 5.74) is 2.35. The molecule has 0 radical (unpaired) electrons. The molecule has 2 aromatic rings. The molecule has 6 nitrogen and oxygen atoms in total. The summed E-state index contributed by atoms with van der Waals surface area (Å²) in [6.07, 6.45) is 11.8. The number of aliphatic hydroxyl groups excluding tert-OH is 1. The van der Waals surface area contributed by atoms with Gasteiger partial charge in [0, 0.05) is 35.7 Å². The molecule has 2 aliphatic rings. The van der Waals surface area contributed by atoms with Gasteiger partial charge in [-0.2, -0.15) is 0 Å². The van der Waals surface area contributed by atoms with Gasteiger partial charge in [-0.15, -0.1) is 10.2 Å². The maximum atomic E-state index is 14.1. The lowest BCUT2D eigenvalue weighted by Gasteiger charge is -2.13. The second kappa shape index (κ2) is 12.2. The van der Waals surface area contributed by atoms with Crippen LogP contribution in [0, 0.1) is 0 Å². The third-order valence-electron chi connectivity index (χ3n) is 5.86. The predicted molar refractivity (Wildman–Crippen MR) is 138 cm³/mol. The van der Waals surface area contributed by atoms with Crippen molar-refractivity contribution in [1.82, 2.24) is 20.1 Å². The minimum Gasteiger partial charge on any atom is -0.508 e. The molecule has 4 rings (SSSR count). The van der Waals surface area contributed by atoms with E-state index in [1.54, 1.807) is 12.1 Å². The molecule has 0 saturated carbocycles. The van der Waals surface area contributed by atoms with E-state index in [0.717, 1.165) is 41.9 Å². The van der Waals surface area contributed by atoms with Gasteiger partial charge in [-0.25, -0.2) is 4.39 Å². The van der Waals surface area contributed by atoms with E-state index in [9.17, 15) is 14.3 Å². The molecule has 2 aliphatic carbocycles. The number of carbonyl (C=O) groups excluding carboxylic acids is 1. The number of halogens is 2. The molecule has 35 heavy (non-hydrogen) atoms. The van der Waals surface area contributed by atoms with E-state index < -0.39 is 0 Å². The summed E-state index contributed by atoms with van der Waals surface area (Å²) in [5, 5.41) is 22.8. The van der Waals surface area contributed by atoms with Gasteiger partial charge in [0.2, 0.25) is 5.91 Å². The fourth-order valence-electron chi connectivity index (χ4n) is 3.97. The van der Waals surface area contributed by atoms with Crippen LogP contribution in [-0.4, -0.2) is 38.1 Å². The third kappa shape index (κ3) is 6.86. The number of carbonyl (C=O) groups is 1. The summed E-state index contributed by atoms with van der Waals surface area (Å²) in [6, 6.07) is 7.43. The number of allylic oxidation sites excluding steroid dienone is 5. The lowest BCUT2D eigenvalue weighted by molar-refractivity contribution is -0.121. The lowest BCUT2D eigenvalue weighted by atomic mass is 10.1. The summed E-state index contributed by atoms with van der Waals surface area (Å²) >= 11 is 7.68. The number of amides is 1. The Morgan fingerprint density at radius 3 is 2.89 bits per heavy atom. The first kappa shape index (κ1) is 25.3. The molecule has 1 aromatic heterocycles. The fourth-order valence-corrected chi connectivity index (χ4v) is 5.18. The highest BCUT2D eigenvalue weighted by Crippen LogP contribution is 2.29. The standard InChI is InChI=1S/C26H28ClFN4O2S/c27-20-9-5-10-21(15-20)32-24(30-31-26(32)35-17-19-8-1-3-11-22(19)28)13-6-14-25(34)29-16-18-7-2-4-12-23(18)33/h3,5,7,9-12,15,33H,1-2,4,6,8,13-14,16-17H2,(H,29,34). The maximum absolute atomic E-state index is 14.1. The minimum absolute atomic E-state index is 0.0829. The number of hydrogen-bond donors (Lipinski definition) is 2. The smallest absolute Gasteiger partial charge is 0.220 e. The summed E-state index contributed by atoms with van der Waals surface area (Å²) in [4.78, 5) is 12.3. The summed E-state index contributed by atoms with van der Waals surface area (Å²) in [6.45, 7) is 0.322. The van der Waals surface area contributed by atoms with Gasteiger partial charge in [0.05, 0.1) is 5.69 Å². The Labute approximate surface area is 213 Å². The van der Waals surface area contributed by atoms with Crippen LogP contribution in [0.2, 0.25) is 5.02 Å². The molecule has 0 bridgehead atoms. The van der Waals surface area contributed by atoms with Crippen molar-refractivity contribution < 1.29 is 14.3 Å². The first-order valence-electron chi connectivity index (χ1n) is 11.7. The first-order chi connectivity index (χ1) is 17.0. The van der Waals surface area contributed by atoms with Crippen LogP contribution in [0.15, 0.2) is 76.5 Å². The molecule has 9 heteroatoms. The van der Waals surface area contributed by atoms with E-state index in [4.69, 9.17) is 11.6 Å². The number of hydrogen-bond acceptors (Lipinski definition) is 5. The average molecular weight is 515 g/mol. The molecule has 2 N–H and O–H groups in total. The predicted octanol–water partition coefficient (Wildman–Crippen LogP) is 6.19. The van der Waals surface area contributed by atoms with Gasteiger partial charge >= 0.3 is 0 Å². The average Bonchev–Trinajstić information content (AvgIpc) is 3.25. The quantitative estimate of drug-likeness (QED) is 0.370. The van der Waals surface area contributed by atoms with Gasteiger partial charge < -0.3 is 10.4 Å². The molecule has 0 fully saturated rings. The van der Waals surface area contributed by atoms with E-state index in [2.05, 4.69) is 15.5 Å². The molecule has 1 amide bonds. The topological polar surface area (TPSA) is 80.0 Å². The number of aromatic nitrogens is 3. The van der Waals surface area contributed by atoms with Crippen LogP contribution in [0.4, 0.5) is 4.39 Å². The monoisotopic (exact) mass is 514 g/mol. The summed E-state index contributed by atoms with van der Waals surface area (Å²) in [7, 11) is 0. The lowest BCUT2D eigenvalue weighted by Crippen LogP contribution is -2.26. The Balaban J connectivity index is 1.40. The van der Waals surface area contributed by atoms with Crippen molar-refractivity contribution in [3.05, 3.63) is 82.1 Å². The van der Waals surface area contributed by atoms with Crippen LogP contribution in [0.1, 0.15) is 44.3 Å². The van der Waals surface area contributed by atoms with Crippen molar-refractivity contribution in [1.29, 1.82) is 0 Å². The highest BCUT2D eigenvalue weighted by atomic mass is 35.5. The Kier molecular flexibility index (Phi) is 8.82. The van der Waals surface area contributed by atoms with E-state index in [1.807, 2.05) is 34.9 Å². The van der Waals surface area contributed by atoms with Crippen LogP contribution < -0.4 is 5.32 Å². The van der Waals surface area contributed by atoms with Gasteiger partial charge in [0.15, 0.2) is 5.16 Å². The number of rotatable bonds is 10. The van der Waals surface area contributed by atoms with Gasteiger partial charge in [-0.1, -0.05) is 41.6 Å². The summed E-state index contributed by atoms with van der Waals surface area (Å²) < 4.78 is 16.1. The zero-order chi connectivity index (χ0) is 24.6. The zero-order valence-electron chi connectivity index (χ0n) is 19.3. The second-order valence-corrected chi connectivity index (χ2v) is 9.80. The molecule has 184 valence electrons. The number of aryl methyl sites for hydroxylation is 1.